The van der Waals surface area contributed by atoms with Crippen LogP contribution in [0.2, 0.25) is 0 Å². The molecule has 0 spiro atoms. The first kappa shape index (κ1) is 14.6. The zero-order valence-corrected chi connectivity index (χ0v) is 12.3. The highest BCUT2D eigenvalue weighted by Crippen LogP contribution is 2.24. The molecule has 108 valence electrons. The fraction of sp³-hybridized carbons (Fsp3) is 0.500. The van der Waals surface area contributed by atoms with E-state index in [1.54, 1.807) is 18.1 Å². The number of ketones is 1. The van der Waals surface area contributed by atoms with Gasteiger partial charge in [0.2, 0.25) is 5.91 Å². The van der Waals surface area contributed by atoms with Crippen LogP contribution < -0.4 is 4.74 Å². The highest BCUT2D eigenvalue weighted by Gasteiger charge is 2.30. The number of nitrogens with zero attached hydrogens (tertiary/aromatic N) is 1. The fourth-order valence-corrected chi connectivity index (χ4v) is 2.57. The van der Waals surface area contributed by atoms with Crippen molar-refractivity contribution in [1.29, 1.82) is 0 Å². The Morgan fingerprint density at radius 1 is 1.45 bits per heavy atom. The molecule has 1 aliphatic heterocycles. The lowest BCUT2D eigenvalue weighted by atomic mass is 10.1. The van der Waals surface area contributed by atoms with E-state index in [0.29, 0.717) is 30.2 Å². The highest BCUT2D eigenvalue weighted by molar-refractivity contribution is 6.01. The Kier molecular flexibility index (Phi) is 4.42. The van der Waals surface area contributed by atoms with Gasteiger partial charge in [-0.3, -0.25) is 9.59 Å². The van der Waals surface area contributed by atoms with Crippen molar-refractivity contribution in [2.45, 2.75) is 26.7 Å². The van der Waals surface area contributed by atoms with E-state index in [1.807, 2.05) is 19.1 Å². The first-order chi connectivity index (χ1) is 9.55. The normalized spacial score (nSPS) is 18.4. The van der Waals surface area contributed by atoms with Crippen LogP contribution in [0.25, 0.3) is 0 Å². The zero-order chi connectivity index (χ0) is 14.7. The minimum Gasteiger partial charge on any atom is -0.496 e. The van der Waals surface area contributed by atoms with Gasteiger partial charge in [-0.25, -0.2) is 0 Å². The third kappa shape index (κ3) is 3.00. The molecule has 4 heteroatoms. The number of methoxy groups -OCH3 is 1. The Morgan fingerprint density at radius 3 is 2.80 bits per heavy atom. The van der Waals surface area contributed by atoms with Gasteiger partial charge in [-0.2, -0.15) is 0 Å². The summed E-state index contributed by atoms with van der Waals surface area (Å²) in [4.78, 5) is 25.9. The molecule has 2 rings (SSSR count). The topological polar surface area (TPSA) is 46.6 Å². The molecule has 0 aliphatic carbocycles. The van der Waals surface area contributed by atoms with Gasteiger partial charge in [0.15, 0.2) is 5.78 Å². The number of rotatable bonds is 5. The van der Waals surface area contributed by atoms with E-state index in [1.165, 1.54) is 0 Å². The minimum atomic E-state index is -0.0630. The SMILES string of the molecule is CCC1CC(=O)N(CC(=O)c2ccc(C)cc2OC)C1. The number of carbonyl (C=O) groups excluding carboxylic acids is 2. The maximum atomic E-state index is 12.4. The maximum Gasteiger partial charge on any atom is 0.223 e. The number of benzene rings is 1. The van der Waals surface area contributed by atoms with E-state index in [9.17, 15) is 9.59 Å². The molecule has 4 nitrogen and oxygen atoms in total. The van der Waals surface area contributed by atoms with Crippen LogP contribution in [-0.4, -0.2) is 36.8 Å². The molecule has 1 aliphatic rings. The third-order valence-electron chi connectivity index (χ3n) is 3.86. The number of Topliss-reactive ketones (excluding diaryl/α,β-unsaturated/α-hetero) is 1. The number of aryl methyl sites for hydroxylation is 1. The lowest BCUT2D eigenvalue weighted by Gasteiger charge is -2.16. The van der Waals surface area contributed by atoms with Gasteiger partial charge in [-0.05, 0) is 30.5 Å². The molecule has 0 saturated carbocycles. The molecule has 1 unspecified atom stereocenters. The average molecular weight is 275 g/mol. The van der Waals surface area contributed by atoms with E-state index in [-0.39, 0.29) is 18.2 Å². The van der Waals surface area contributed by atoms with Gasteiger partial charge in [0.05, 0.1) is 19.2 Å². The van der Waals surface area contributed by atoms with Gasteiger partial charge in [0.1, 0.15) is 5.75 Å². The molecule has 1 atom stereocenters. The van der Waals surface area contributed by atoms with Crippen LogP contribution in [-0.2, 0) is 4.79 Å². The molecule has 0 radical (unpaired) electrons. The highest BCUT2D eigenvalue weighted by atomic mass is 16.5. The molecular formula is C16H21NO3. The number of ether oxygens (including phenoxy) is 1. The number of hydrogen-bond acceptors (Lipinski definition) is 3. The van der Waals surface area contributed by atoms with Crippen LogP contribution in [0.3, 0.4) is 0 Å². The lowest BCUT2D eigenvalue weighted by molar-refractivity contribution is -0.127. The van der Waals surface area contributed by atoms with Crippen LogP contribution in [0.15, 0.2) is 18.2 Å². The van der Waals surface area contributed by atoms with Gasteiger partial charge in [0, 0.05) is 13.0 Å². The summed E-state index contributed by atoms with van der Waals surface area (Å²) in [5, 5.41) is 0. The minimum absolute atomic E-state index is 0.0630. The molecule has 1 saturated heterocycles. The van der Waals surface area contributed by atoms with Crippen LogP contribution >= 0.6 is 0 Å². The van der Waals surface area contributed by atoms with E-state index < -0.39 is 0 Å². The van der Waals surface area contributed by atoms with Gasteiger partial charge in [-0.1, -0.05) is 19.4 Å². The number of carbonyl (C=O) groups is 2. The standard InChI is InChI=1S/C16H21NO3/c1-4-12-8-16(19)17(9-12)10-14(18)13-6-5-11(2)7-15(13)20-3/h5-7,12H,4,8-10H2,1-3H3. The molecule has 0 bridgehead atoms. The molecule has 20 heavy (non-hydrogen) atoms. The van der Waals surface area contributed by atoms with Crippen LogP contribution in [0, 0.1) is 12.8 Å². The largest absolute Gasteiger partial charge is 0.496 e. The second-order valence-corrected chi connectivity index (χ2v) is 5.38. The second-order valence-electron chi connectivity index (χ2n) is 5.38. The molecular weight excluding hydrogens is 254 g/mol. The van der Waals surface area contributed by atoms with Gasteiger partial charge in [0.25, 0.3) is 0 Å². The van der Waals surface area contributed by atoms with Crippen molar-refractivity contribution in [3.8, 4) is 5.75 Å². The summed E-state index contributed by atoms with van der Waals surface area (Å²) in [6, 6.07) is 5.50. The summed E-state index contributed by atoms with van der Waals surface area (Å²) < 4.78 is 5.26. The Hall–Kier alpha value is -1.84. The molecule has 1 aromatic carbocycles. The number of likely N-dealkylation sites (tertiary alicyclic amines) is 1. The van der Waals surface area contributed by atoms with E-state index in [2.05, 4.69) is 6.92 Å². The molecule has 1 heterocycles. The van der Waals surface area contributed by atoms with Gasteiger partial charge in [-0.15, -0.1) is 0 Å². The number of amides is 1. The van der Waals surface area contributed by atoms with Gasteiger partial charge < -0.3 is 9.64 Å². The zero-order valence-electron chi connectivity index (χ0n) is 12.3. The summed E-state index contributed by atoms with van der Waals surface area (Å²) in [5.41, 5.74) is 1.59. The summed E-state index contributed by atoms with van der Waals surface area (Å²) in [5.74, 6) is 0.979. The van der Waals surface area contributed by atoms with Crippen molar-refractivity contribution in [3.05, 3.63) is 29.3 Å². The number of hydrogen-bond donors (Lipinski definition) is 0. The predicted octanol–water partition coefficient (Wildman–Crippen LogP) is 2.44. The van der Waals surface area contributed by atoms with Crippen molar-refractivity contribution in [2.75, 3.05) is 20.2 Å². The van der Waals surface area contributed by atoms with Crippen molar-refractivity contribution in [3.63, 3.8) is 0 Å². The Morgan fingerprint density at radius 2 is 2.20 bits per heavy atom. The summed E-state index contributed by atoms with van der Waals surface area (Å²) in [7, 11) is 1.56. The summed E-state index contributed by atoms with van der Waals surface area (Å²) in [6.07, 6.45) is 1.54. The predicted molar refractivity (Wildman–Crippen MR) is 77.0 cm³/mol. The summed E-state index contributed by atoms with van der Waals surface area (Å²) in [6.45, 7) is 4.86. The molecule has 1 fully saturated rings. The fourth-order valence-electron chi connectivity index (χ4n) is 2.57. The van der Waals surface area contributed by atoms with Crippen molar-refractivity contribution in [1.82, 2.24) is 4.90 Å². The quantitative estimate of drug-likeness (QED) is 0.775. The monoisotopic (exact) mass is 275 g/mol. The Labute approximate surface area is 119 Å². The third-order valence-corrected chi connectivity index (χ3v) is 3.86. The molecule has 1 aromatic rings. The van der Waals surface area contributed by atoms with E-state index in [4.69, 9.17) is 4.74 Å². The van der Waals surface area contributed by atoms with E-state index >= 15 is 0 Å². The van der Waals surface area contributed by atoms with Crippen LogP contribution in [0.5, 0.6) is 5.75 Å². The molecule has 0 aromatic heterocycles. The molecule has 1 amide bonds. The maximum absolute atomic E-state index is 12.4. The van der Waals surface area contributed by atoms with Crippen LogP contribution in [0.1, 0.15) is 35.7 Å². The lowest BCUT2D eigenvalue weighted by Crippen LogP contribution is -2.31. The molecule has 0 N–H and O–H groups in total. The van der Waals surface area contributed by atoms with E-state index in [0.717, 1.165) is 12.0 Å². The Bertz CT molecular complexity index is 524. The van der Waals surface area contributed by atoms with Crippen molar-refractivity contribution in [2.24, 2.45) is 5.92 Å². The average Bonchev–Trinajstić information content (AvgIpc) is 2.79. The smallest absolute Gasteiger partial charge is 0.223 e. The Balaban J connectivity index is 2.11. The van der Waals surface area contributed by atoms with Crippen molar-refractivity contribution >= 4 is 11.7 Å². The van der Waals surface area contributed by atoms with Crippen molar-refractivity contribution < 1.29 is 14.3 Å². The summed E-state index contributed by atoms with van der Waals surface area (Å²) >= 11 is 0. The second kappa shape index (κ2) is 6.07. The van der Waals surface area contributed by atoms with Crippen LogP contribution in [0.4, 0.5) is 0 Å². The first-order valence-corrected chi connectivity index (χ1v) is 7.00. The first-order valence-electron chi connectivity index (χ1n) is 7.00. The van der Waals surface area contributed by atoms with Gasteiger partial charge >= 0.3 is 0 Å².